The Hall–Kier alpha value is -3.13. The molecule has 0 saturated heterocycles. The topological polar surface area (TPSA) is 96.5 Å². The molecular weight excluding hydrogens is 413 g/mol. The number of amides is 3. The van der Waals surface area contributed by atoms with E-state index in [1.165, 1.54) is 12.1 Å². The predicted molar refractivity (Wildman–Crippen MR) is 112 cm³/mol. The van der Waals surface area contributed by atoms with E-state index < -0.39 is 29.3 Å². The predicted octanol–water partition coefficient (Wildman–Crippen LogP) is 3.87. The molecule has 3 N–H and O–H groups in total. The Labute approximate surface area is 178 Å². The van der Waals surface area contributed by atoms with E-state index in [0.29, 0.717) is 11.3 Å². The summed E-state index contributed by atoms with van der Waals surface area (Å²) in [6, 6.07) is 10.7. The number of rotatable bonds is 6. The number of hydrogen-bond donors (Lipinski definition) is 3. The minimum atomic E-state index is -0.737. The van der Waals surface area contributed by atoms with Crippen LogP contribution < -0.4 is 16.0 Å². The number of carbonyl (C=O) groups excluding carboxylic acids is 3. The fourth-order valence-electron chi connectivity index (χ4n) is 2.42. The van der Waals surface area contributed by atoms with Crippen molar-refractivity contribution >= 4 is 35.2 Å². The fraction of sp³-hybridized carbons (Fsp3) is 0.286. The number of para-hydroxylation sites is 1. The molecule has 3 amide bonds. The van der Waals surface area contributed by atoms with Gasteiger partial charge in [-0.1, -0.05) is 35.9 Å². The Morgan fingerprint density at radius 2 is 1.73 bits per heavy atom. The van der Waals surface area contributed by atoms with Gasteiger partial charge in [0.25, 0.3) is 5.91 Å². The van der Waals surface area contributed by atoms with Crippen LogP contribution in [-0.4, -0.2) is 30.1 Å². The Morgan fingerprint density at radius 1 is 1.03 bits per heavy atom. The van der Waals surface area contributed by atoms with Gasteiger partial charge < -0.3 is 20.7 Å². The van der Waals surface area contributed by atoms with Crippen molar-refractivity contribution in [1.29, 1.82) is 0 Å². The number of carbonyl (C=O) groups is 3. The second-order valence-electron chi connectivity index (χ2n) is 7.34. The quantitative estimate of drug-likeness (QED) is 0.641. The molecule has 0 heterocycles. The molecule has 0 fully saturated rings. The largest absolute Gasteiger partial charge is 0.444 e. The van der Waals surface area contributed by atoms with Gasteiger partial charge >= 0.3 is 6.09 Å². The van der Waals surface area contributed by atoms with Crippen LogP contribution in [-0.2, 0) is 16.1 Å². The molecule has 0 saturated carbocycles. The Kier molecular flexibility index (Phi) is 7.77. The Balaban J connectivity index is 1.96. The molecule has 160 valence electrons. The summed E-state index contributed by atoms with van der Waals surface area (Å²) in [5.74, 6) is -1.89. The van der Waals surface area contributed by atoms with Gasteiger partial charge in [0.1, 0.15) is 18.0 Å². The number of halogens is 2. The van der Waals surface area contributed by atoms with Gasteiger partial charge in [0, 0.05) is 12.2 Å². The van der Waals surface area contributed by atoms with E-state index in [1.54, 1.807) is 45.0 Å². The highest BCUT2D eigenvalue weighted by Crippen LogP contribution is 2.22. The van der Waals surface area contributed by atoms with Crippen LogP contribution in [0.25, 0.3) is 0 Å². The van der Waals surface area contributed by atoms with Crippen LogP contribution >= 0.6 is 11.6 Å². The van der Waals surface area contributed by atoms with Crippen molar-refractivity contribution in [3.8, 4) is 0 Å². The third-order valence-corrected chi connectivity index (χ3v) is 4.04. The van der Waals surface area contributed by atoms with Crippen molar-refractivity contribution in [3.05, 3.63) is 64.4 Å². The molecular formula is C21H23ClFN3O4. The van der Waals surface area contributed by atoms with Crippen molar-refractivity contribution in [2.75, 3.05) is 11.9 Å². The molecule has 0 aliphatic rings. The second-order valence-corrected chi connectivity index (χ2v) is 7.75. The summed E-state index contributed by atoms with van der Waals surface area (Å²) in [7, 11) is 0. The SMILES string of the molecule is CC(C)(C)OC(=O)NCC(=O)NCc1ccccc1NC(=O)c1c(F)cccc1Cl. The van der Waals surface area contributed by atoms with E-state index in [0.717, 1.165) is 6.07 Å². The monoisotopic (exact) mass is 435 g/mol. The van der Waals surface area contributed by atoms with Gasteiger partial charge in [-0.15, -0.1) is 0 Å². The lowest BCUT2D eigenvalue weighted by atomic mass is 10.1. The van der Waals surface area contributed by atoms with E-state index in [4.69, 9.17) is 16.3 Å². The van der Waals surface area contributed by atoms with Crippen molar-refractivity contribution in [1.82, 2.24) is 10.6 Å². The molecule has 2 aromatic carbocycles. The summed E-state index contributed by atoms with van der Waals surface area (Å²) in [5.41, 5.74) is 0.0458. The first kappa shape index (κ1) is 23.2. The van der Waals surface area contributed by atoms with Crippen LogP contribution in [0.4, 0.5) is 14.9 Å². The molecule has 2 rings (SSSR count). The van der Waals surface area contributed by atoms with Crippen LogP contribution in [0.2, 0.25) is 5.02 Å². The van der Waals surface area contributed by atoms with E-state index in [-0.39, 0.29) is 23.7 Å². The van der Waals surface area contributed by atoms with Gasteiger partial charge in [0.05, 0.1) is 10.6 Å². The summed E-state index contributed by atoms with van der Waals surface area (Å²) in [6.45, 7) is 4.95. The molecule has 0 radical (unpaired) electrons. The average molecular weight is 436 g/mol. The third kappa shape index (κ3) is 7.04. The zero-order valence-electron chi connectivity index (χ0n) is 16.8. The van der Waals surface area contributed by atoms with Crippen molar-refractivity contribution in [2.45, 2.75) is 32.9 Å². The van der Waals surface area contributed by atoms with Crippen molar-refractivity contribution < 1.29 is 23.5 Å². The van der Waals surface area contributed by atoms with E-state index in [9.17, 15) is 18.8 Å². The molecule has 0 aromatic heterocycles. The molecule has 0 unspecified atom stereocenters. The first-order valence-electron chi connectivity index (χ1n) is 9.13. The number of anilines is 1. The highest BCUT2D eigenvalue weighted by Gasteiger charge is 2.18. The number of ether oxygens (including phenoxy) is 1. The summed E-state index contributed by atoms with van der Waals surface area (Å²) in [4.78, 5) is 36.0. The Morgan fingerprint density at radius 3 is 2.40 bits per heavy atom. The maximum Gasteiger partial charge on any atom is 0.408 e. The number of alkyl carbamates (subject to hydrolysis) is 1. The second kappa shape index (κ2) is 10.1. The van der Waals surface area contributed by atoms with Gasteiger partial charge in [-0.3, -0.25) is 9.59 Å². The first-order valence-corrected chi connectivity index (χ1v) is 9.51. The van der Waals surface area contributed by atoms with Gasteiger partial charge in [0.15, 0.2) is 0 Å². The molecule has 2 aromatic rings. The van der Waals surface area contributed by atoms with E-state index in [1.807, 2.05) is 0 Å². The molecule has 0 aliphatic heterocycles. The molecule has 30 heavy (non-hydrogen) atoms. The van der Waals surface area contributed by atoms with Gasteiger partial charge in [-0.2, -0.15) is 0 Å². The Bertz CT molecular complexity index is 924. The summed E-state index contributed by atoms with van der Waals surface area (Å²) in [6.07, 6.45) is -0.702. The zero-order chi connectivity index (χ0) is 22.3. The van der Waals surface area contributed by atoms with Gasteiger partial charge in [-0.05, 0) is 44.5 Å². The van der Waals surface area contributed by atoms with Gasteiger partial charge in [-0.25, -0.2) is 9.18 Å². The lowest BCUT2D eigenvalue weighted by Crippen LogP contribution is -2.39. The highest BCUT2D eigenvalue weighted by atomic mass is 35.5. The average Bonchev–Trinajstić information content (AvgIpc) is 2.64. The molecule has 0 aliphatic carbocycles. The number of benzene rings is 2. The fourth-order valence-corrected chi connectivity index (χ4v) is 2.67. The maximum absolute atomic E-state index is 14.0. The summed E-state index contributed by atoms with van der Waals surface area (Å²) >= 11 is 5.93. The molecule has 0 bridgehead atoms. The minimum absolute atomic E-state index is 0.00787. The van der Waals surface area contributed by atoms with Crippen LogP contribution in [0, 0.1) is 5.82 Å². The standard InChI is InChI=1S/C21H23ClFN3O4/c1-21(2,3)30-20(29)25-12-17(27)24-11-13-7-4-5-10-16(13)26-19(28)18-14(22)8-6-9-15(18)23/h4-10H,11-12H2,1-3H3,(H,24,27)(H,25,29)(H,26,28). The van der Waals surface area contributed by atoms with Crippen LogP contribution in [0.3, 0.4) is 0 Å². The normalized spacial score (nSPS) is 10.8. The number of hydrogen-bond acceptors (Lipinski definition) is 4. The smallest absolute Gasteiger partial charge is 0.408 e. The molecule has 0 spiro atoms. The van der Waals surface area contributed by atoms with Crippen molar-refractivity contribution in [3.63, 3.8) is 0 Å². The number of nitrogens with one attached hydrogen (secondary N) is 3. The lowest BCUT2D eigenvalue weighted by Gasteiger charge is -2.19. The van der Waals surface area contributed by atoms with Crippen molar-refractivity contribution in [2.24, 2.45) is 0 Å². The van der Waals surface area contributed by atoms with E-state index >= 15 is 0 Å². The van der Waals surface area contributed by atoms with Gasteiger partial charge in [0.2, 0.25) is 5.91 Å². The highest BCUT2D eigenvalue weighted by molar-refractivity contribution is 6.34. The van der Waals surface area contributed by atoms with Crippen LogP contribution in [0.1, 0.15) is 36.7 Å². The summed E-state index contributed by atoms with van der Waals surface area (Å²) in [5, 5.41) is 7.59. The molecule has 0 atom stereocenters. The molecule has 9 heteroatoms. The van der Waals surface area contributed by atoms with Crippen LogP contribution in [0.5, 0.6) is 0 Å². The molecule has 7 nitrogen and oxygen atoms in total. The van der Waals surface area contributed by atoms with E-state index in [2.05, 4.69) is 16.0 Å². The zero-order valence-corrected chi connectivity index (χ0v) is 17.6. The summed E-state index contributed by atoms with van der Waals surface area (Å²) < 4.78 is 19.0. The first-order chi connectivity index (χ1) is 14.1. The lowest BCUT2D eigenvalue weighted by molar-refractivity contribution is -0.120. The minimum Gasteiger partial charge on any atom is -0.444 e. The maximum atomic E-state index is 14.0. The third-order valence-electron chi connectivity index (χ3n) is 3.72. The van der Waals surface area contributed by atoms with Crippen LogP contribution in [0.15, 0.2) is 42.5 Å².